The zero-order valence-corrected chi connectivity index (χ0v) is 15.5. The predicted octanol–water partition coefficient (Wildman–Crippen LogP) is 2.15. The van der Waals surface area contributed by atoms with Gasteiger partial charge < -0.3 is 10.6 Å². The number of nitrogens with one attached hydrogen (secondary N) is 2. The normalized spacial score (nSPS) is 11.8. The lowest BCUT2D eigenvalue weighted by Crippen LogP contribution is -2.50. The van der Waals surface area contributed by atoms with Crippen molar-refractivity contribution in [2.45, 2.75) is 39.7 Å². The first-order chi connectivity index (χ1) is 12.5. The maximum absolute atomic E-state index is 12.5. The Labute approximate surface area is 154 Å². The highest BCUT2D eigenvalue weighted by atomic mass is 16.2. The van der Waals surface area contributed by atoms with Crippen LogP contribution in [0.1, 0.15) is 42.4 Å². The van der Waals surface area contributed by atoms with Gasteiger partial charge in [0.05, 0.1) is 0 Å². The van der Waals surface area contributed by atoms with Crippen molar-refractivity contribution in [2.24, 2.45) is 5.92 Å². The van der Waals surface area contributed by atoms with E-state index in [2.05, 4.69) is 27.5 Å². The first-order valence-corrected chi connectivity index (χ1v) is 8.93. The second kappa shape index (κ2) is 9.65. The molecule has 138 valence electrons. The molecular weight excluding hydrogens is 328 g/mol. The fourth-order valence-electron chi connectivity index (χ4n) is 2.54. The van der Waals surface area contributed by atoms with Crippen LogP contribution in [0.25, 0.3) is 0 Å². The molecule has 0 saturated heterocycles. The predicted molar refractivity (Wildman–Crippen MR) is 101 cm³/mol. The molecule has 0 fully saturated rings. The molecule has 0 aliphatic rings. The molecule has 1 aromatic heterocycles. The monoisotopic (exact) mass is 354 g/mol. The van der Waals surface area contributed by atoms with Gasteiger partial charge in [-0.25, -0.2) is 9.97 Å². The van der Waals surface area contributed by atoms with Crippen molar-refractivity contribution in [1.29, 1.82) is 0 Å². The van der Waals surface area contributed by atoms with E-state index in [4.69, 9.17) is 0 Å². The van der Waals surface area contributed by atoms with Crippen molar-refractivity contribution in [3.05, 3.63) is 59.7 Å². The van der Waals surface area contributed by atoms with Crippen LogP contribution < -0.4 is 10.6 Å². The Morgan fingerprint density at radius 1 is 1.12 bits per heavy atom. The van der Waals surface area contributed by atoms with E-state index in [1.54, 1.807) is 18.3 Å². The summed E-state index contributed by atoms with van der Waals surface area (Å²) in [6, 6.07) is 8.67. The molecule has 0 radical (unpaired) electrons. The lowest BCUT2D eigenvalue weighted by Gasteiger charge is -2.21. The fraction of sp³-hybridized carbons (Fsp3) is 0.400. The molecule has 1 heterocycles. The second-order valence-corrected chi connectivity index (χ2v) is 6.49. The number of hydrogen-bond donors (Lipinski definition) is 2. The smallest absolute Gasteiger partial charge is 0.251 e. The molecule has 1 atom stereocenters. The molecule has 0 bridgehead atoms. The van der Waals surface area contributed by atoms with Gasteiger partial charge in [-0.15, -0.1) is 0 Å². The van der Waals surface area contributed by atoms with E-state index in [0.717, 1.165) is 12.1 Å². The molecule has 2 N–H and O–H groups in total. The van der Waals surface area contributed by atoms with Gasteiger partial charge in [-0.1, -0.05) is 32.9 Å². The van der Waals surface area contributed by atoms with Gasteiger partial charge in [-0.3, -0.25) is 9.59 Å². The summed E-state index contributed by atoms with van der Waals surface area (Å²) in [4.78, 5) is 32.9. The summed E-state index contributed by atoms with van der Waals surface area (Å²) in [6.07, 6.45) is 4.69. The Kier molecular flexibility index (Phi) is 7.26. The van der Waals surface area contributed by atoms with Crippen molar-refractivity contribution in [3.8, 4) is 0 Å². The third-order valence-electron chi connectivity index (χ3n) is 4.18. The van der Waals surface area contributed by atoms with Gasteiger partial charge in [-0.2, -0.15) is 0 Å². The van der Waals surface area contributed by atoms with Crippen LogP contribution in [0, 0.1) is 5.92 Å². The molecule has 6 nitrogen and oxygen atoms in total. The summed E-state index contributed by atoms with van der Waals surface area (Å²) in [5, 5.41) is 5.72. The first-order valence-electron chi connectivity index (χ1n) is 8.93. The van der Waals surface area contributed by atoms with E-state index >= 15 is 0 Å². The molecule has 26 heavy (non-hydrogen) atoms. The summed E-state index contributed by atoms with van der Waals surface area (Å²) >= 11 is 0. The van der Waals surface area contributed by atoms with Crippen LogP contribution in [-0.4, -0.2) is 34.4 Å². The minimum atomic E-state index is -0.584. The number of nitrogens with zero attached hydrogens (tertiary/aromatic N) is 2. The van der Waals surface area contributed by atoms with Crippen LogP contribution in [0.5, 0.6) is 0 Å². The van der Waals surface area contributed by atoms with Crippen LogP contribution >= 0.6 is 0 Å². The maximum atomic E-state index is 12.5. The number of aryl methyl sites for hydroxylation is 1. The molecule has 6 heteroatoms. The highest BCUT2D eigenvalue weighted by Crippen LogP contribution is 2.08. The van der Waals surface area contributed by atoms with Crippen LogP contribution in [0.4, 0.5) is 0 Å². The number of amides is 2. The average Bonchev–Trinajstić information content (AvgIpc) is 2.66. The number of aromatic nitrogens is 2. The SMILES string of the molecule is CCc1ccc(C(=O)NC(C(=O)NCCc2ccncn2)C(C)C)cc1. The fourth-order valence-corrected chi connectivity index (χ4v) is 2.54. The molecule has 0 aliphatic carbocycles. The Hall–Kier alpha value is -2.76. The summed E-state index contributed by atoms with van der Waals surface area (Å²) in [5.41, 5.74) is 2.59. The highest BCUT2D eigenvalue weighted by Gasteiger charge is 2.24. The first kappa shape index (κ1) is 19.6. The molecule has 1 aromatic carbocycles. The van der Waals surface area contributed by atoms with Crippen LogP contribution in [0.3, 0.4) is 0 Å². The molecule has 2 aromatic rings. The van der Waals surface area contributed by atoms with E-state index in [0.29, 0.717) is 18.5 Å². The molecule has 0 aliphatic heterocycles. The van der Waals surface area contributed by atoms with E-state index in [9.17, 15) is 9.59 Å². The number of hydrogen-bond acceptors (Lipinski definition) is 4. The average molecular weight is 354 g/mol. The summed E-state index contributed by atoms with van der Waals surface area (Å²) < 4.78 is 0. The van der Waals surface area contributed by atoms with Crippen LogP contribution in [0.2, 0.25) is 0 Å². The third kappa shape index (κ3) is 5.65. The number of benzene rings is 1. The molecule has 2 amide bonds. The zero-order chi connectivity index (χ0) is 18.9. The van der Waals surface area contributed by atoms with Crippen molar-refractivity contribution in [3.63, 3.8) is 0 Å². The standard InChI is InChI=1S/C20H26N4O2/c1-4-15-5-7-16(8-6-15)19(25)24-18(14(2)3)20(26)22-12-10-17-9-11-21-13-23-17/h5-9,11,13-14,18H,4,10,12H2,1-3H3,(H,22,26)(H,24,25). The maximum Gasteiger partial charge on any atom is 0.251 e. The van der Waals surface area contributed by atoms with Gasteiger partial charge in [0.1, 0.15) is 12.4 Å². The van der Waals surface area contributed by atoms with Gasteiger partial charge in [0, 0.05) is 30.4 Å². The van der Waals surface area contributed by atoms with Gasteiger partial charge in [0.15, 0.2) is 0 Å². The van der Waals surface area contributed by atoms with Crippen molar-refractivity contribution in [2.75, 3.05) is 6.54 Å². The van der Waals surface area contributed by atoms with E-state index < -0.39 is 6.04 Å². The zero-order valence-electron chi connectivity index (χ0n) is 15.5. The van der Waals surface area contributed by atoms with Gasteiger partial charge in [0.25, 0.3) is 5.91 Å². The highest BCUT2D eigenvalue weighted by molar-refractivity contribution is 5.97. The Morgan fingerprint density at radius 3 is 2.42 bits per heavy atom. The number of carbonyl (C=O) groups excluding carboxylic acids is 2. The Morgan fingerprint density at radius 2 is 1.85 bits per heavy atom. The Bertz CT molecular complexity index is 714. The topological polar surface area (TPSA) is 84.0 Å². The molecule has 0 saturated carbocycles. The Balaban J connectivity index is 1.91. The summed E-state index contributed by atoms with van der Waals surface area (Å²) in [7, 11) is 0. The third-order valence-corrected chi connectivity index (χ3v) is 4.18. The van der Waals surface area contributed by atoms with E-state index in [1.165, 1.54) is 11.9 Å². The minimum absolute atomic E-state index is 0.0204. The quantitative estimate of drug-likeness (QED) is 0.761. The summed E-state index contributed by atoms with van der Waals surface area (Å²) in [5.74, 6) is -0.446. The number of rotatable bonds is 8. The van der Waals surface area contributed by atoms with Gasteiger partial charge >= 0.3 is 0 Å². The van der Waals surface area contributed by atoms with Crippen molar-refractivity contribution < 1.29 is 9.59 Å². The second-order valence-electron chi connectivity index (χ2n) is 6.49. The molecule has 1 unspecified atom stereocenters. The largest absolute Gasteiger partial charge is 0.354 e. The van der Waals surface area contributed by atoms with Gasteiger partial charge in [-0.05, 0) is 36.1 Å². The molecular formula is C20H26N4O2. The van der Waals surface area contributed by atoms with Crippen LogP contribution in [-0.2, 0) is 17.6 Å². The lowest BCUT2D eigenvalue weighted by molar-refractivity contribution is -0.123. The number of carbonyl (C=O) groups is 2. The van der Waals surface area contributed by atoms with Crippen molar-refractivity contribution in [1.82, 2.24) is 20.6 Å². The molecule has 0 spiro atoms. The molecule has 2 rings (SSSR count). The van der Waals surface area contributed by atoms with Crippen molar-refractivity contribution >= 4 is 11.8 Å². The van der Waals surface area contributed by atoms with Gasteiger partial charge in [0.2, 0.25) is 5.91 Å². The summed E-state index contributed by atoms with van der Waals surface area (Å²) in [6.45, 7) is 6.35. The lowest BCUT2D eigenvalue weighted by atomic mass is 10.0. The van der Waals surface area contributed by atoms with Crippen LogP contribution in [0.15, 0.2) is 42.9 Å². The van der Waals surface area contributed by atoms with E-state index in [-0.39, 0.29) is 17.7 Å². The van der Waals surface area contributed by atoms with E-state index in [1.807, 2.05) is 32.0 Å². The minimum Gasteiger partial charge on any atom is -0.354 e.